The first-order valence-corrected chi connectivity index (χ1v) is 6.56. The van der Waals surface area contributed by atoms with Gasteiger partial charge in [-0.05, 0) is 60.7 Å². The van der Waals surface area contributed by atoms with E-state index in [9.17, 15) is 0 Å². The maximum Gasteiger partial charge on any atom is 0.119 e. The van der Waals surface area contributed by atoms with Gasteiger partial charge in [0.15, 0.2) is 0 Å². The second kappa shape index (κ2) is 6.90. The lowest BCUT2D eigenvalue weighted by atomic mass is 9.92. The molecule has 0 aliphatic carbocycles. The molecule has 1 unspecified atom stereocenters. The quantitative estimate of drug-likeness (QED) is 0.864. The molecular weight excluding hydrogens is 236 g/mol. The molecule has 1 atom stereocenters. The van der Waals surface area contributed by atoms with E-state index < -0.39 is 0 Å². The van der Waals surface area contributed by atoms with Gasteiger partial charge in [-0.25, -0.2) is 0 Å². The predicted molar refractivity (Wildman–Crippen MR) is 77.3 cm³/mol. The fourth-order valence-electron chi connectivity index (χ4n) is 2.21. The van der Waals surface area contributed by atoms with E-state index in [1.165, 1.54) is 11.1 Å². The Hall–Kier alpha value is -1.87. The molecule has 19 heavy (non-hydrogen) atoms. The molecule has 3 nitrogen and oxygen atoms in total. The van der Waals surface area contributed by atoms with Gasteiger partial charge in [-0.2, -0.15) is 0 Å². The second-order valence-electron chi connectivity index (χ2n) is 4.60. The van der Waals surface area contributed by atoms with Crippen molar-refractivity contribution in [2.45, 2.75) is 18.8 Å². The van der Waals surface area contributed by atoms with Gasteiger partial charge < -0.3 is 10.5 Å². The van der Waals surface area contributed by atoms with Crippen molar-refractivity contribution in [3.8, 4) is 5.75 Å². The van der Waals surface area contributed by atoms with Crippen molar-refractivity contribution in [3.05, 3.63) is 59.9 Å². The van der Waals surface area contributed by atoms with Crippen LogP contribution in [0.25, 0.3) is 0 Å². The van der Waals surface area contributed by atoms with Gasteiger partial charge in [-0.3, -0.25) is 4.98 Å². The number of hydrogen-bond acceptors (Lipinski definition) is 3. The van der Waals surface area contributed by atoms with Gasteiger partial charge in [-0.1, -0.05) is 12.1 Å². The summed E-state index contributed by atoms with van der Waals surface area (Å²) in [5, 5.41) is 0. The molecule has 1 aromatic heterocycles. The van der Waals surface area contributed by atoms with Crippen molar-refractivity contribution in [1.82, 2.24) is 4.98 Å². The summed E-state index contributed by atoms with van der Waals surface area (Å²) in [7, 11) is 1.69. The fraction of sp³-hybridized carbons (Fsp3) is 0.312. The summed E-state index contributed by atoms with van der Waals surface area (Å²) in [6.07, 6.45) is 5.71. The Morgan fingerprint density at radius 1 is 1.21 bits per heavy atom. The summed E-state index contributed by atoms with van der Waals surface area (Å²) in [5.74, 6) is 1.25. The molecule has 100 valence electrons. The van der Waals surface area contributed by atoms with Gasteiger partial charge in [0.25, 0.3) is 0 Å². The van der Waals surface area contributed by atoms with Gasteiger partial charge in [0.05, 0.1) is 7.11 Å². The topological polar surface area (TPSA) is 48.1 Å². The molecule has 0 spiro atoms. The van der Waals surface area contributed by atoms with Crippen molar-refractivity contribution >= 4 is 0 Å². The molecular formula is C16H20N2O. The van der Waals surface area contributed by atoms with E-state index >= 15 is 0 Å². The largest absolute Gasteiger partial charge is 0.497 e. The normalized spacial score (nSPS) is 12.1. The molecule has 0 amide bonds. The average molecular weight is 256 g/mol. The zero-order valence-electron chi connectivity index (χ0n) is 11.3. The number of benzene rings is 1. The molecule has 0 aliphatic heterocycles. The van der Waals surface area contributed by atoms with E-state index in [4.69, 9.17) is 10.5 Å². The molecule has 0 aliphatic rings. The van der Waals surface area contributed by atoms with Crippen LogP contribution in [0.1, 0.15) is 23.5 Å². The zero-order valence-corrected chi connectivity index (χ0v) is 11.3. The highest BCUT2D eigenvalue weighted by atomic mass is 16.5. The smallest absolute Gasteiger partial charge is 0.119 e. The maximum atomic E-state index is 5.91. The Kier molecular flexibility index (Phi) is 4.93. The highest BCUT2D eigenvalue weighted by molar-refractivity contribution is 5.31. The van der Waals surface area contributed by atoms with E-state index in [0.717, 1.165) is 18.6 Å². The van der Waals surface area contributed by atoms with Crippen LogP contribution in [0.3, 0.4) is 0 Å². The summed E-state index contributed by atoms with van der Waals surface area (Å²) in [6, 6.07) is 12.3. The molecule has 0 bridgehead atoms. The van der Waals surface area contributed by atoms with Crippen LogP contribution in [-0.4, -0.2) is 18.6 Å². The Morgan fingerprint density at radius 2 is 2.00 bits per heavy atom. The first-order valence-electron chi connectivity index (χ1n) is 6.56. The molecule has 0 fully saturated rings. The van der Waals surface area contributed by atoms with Gasteiger partial charge in [0.1, 0.15) is 5.75 Å². The minimum atomic E-state index is 0.364. The van der Waals surface area contributed by atoms with Crippen molar-refractivity contribution in [2.24, 2.45) is 5.73 Å². The van der Waals surface area contributed by atoms with E-state index in [-0.39, 0.29) is 0 Å². The number of nitrogens with two attached hydrogens (primary N) is 1. The van der Waals surface area contributed by atoms with Crippen molar-refractivity contribution in [1.29, 1.82) is 0 Å². The monoisotopic (exact) mass is 256 g/mol. The third-order valence-electron chi connectivity index (χ3n) is 3.38. The van der Waals surface area contributed by atoms with Gasteiger partial charge in [0, 0.05) is 12.4 Å². The lowest BCUT2D eigenvalue weighted by Gasteiger charge is -2.16. The maximum absolute atomic E-state index is 5.91. The third-order valence-corrected chi connectivity index (χ3v) is 3.38. The molecule has 3 heteroatoms. The van der Waals surface area contributed by atoms with E-state index in [1.807, 2.05) is 24.5 Å². The highest BCUT2D eigenvalue weighted by Gasteiger charge is 2.10. The Balaban J connectivity index is 2.03. The summed E-state index contributed by atoms with van der Waals surface area (Å²) >= 11 is 0. The molecule has 2 aromatic rings. The van der Waals surface area contributed by atoms with E-state index in [0.29, 0.717) is 12.5 Å². The van der Waals surface area contributed by atoms with Crippen LogP contribution in [0, 0.1) is 0 Å². The SMILES string of the molecule is COc1cccc(C(CN)CCc2ccncc2)c1. The summed E-state index contributed by atoms with van der Waals surface area (Å²) in [5.41, 5.74) is 8.46. The van der Waals surface area contributed by atoms with Gasteiger partial charge in [-0.15, -0.1) is 0 Å². The Morgan fingerprint density at radius 3 is 2.68 bits per heavy atom. The van der Waals surface area contributed by atoms with Crippen LogP contribution in [-0.2, 0) is 6.42 Å². The minimum Gasteiger partial charge on any atom is -0.497 e. The Bertz CT molecular complexity index is 499. The number of nitrogens with zero attached hydrogens (tertiary/aromatic N) is 1. The lowest BCUT2D eigenvalue weighted by molar-refractivity contribution is 0.413. The average Bonchev–Trinajstić information content (AvgIpc) is 2.49. The lowest BCUT2D eigenvalue weighted by Crippen LogP contribution is -2.13. The molecule has 0 saturated heterocycles. The summed E-state index contributed by atoms with van der Waals surface area (Å²) < 4.78 is 5.26. The second-order valence-corrected chi connectivity index (χ2v) is 4.60. The summed E-state index contributed by atoms with van der Waals surface area (Å²) in [4.78, 5) is 4.03. The van der Waals surface area contributed by atoms with Crippen LogP contribution in [0.4, 0.5) is 0 Å². The van der Waals surface area contributed by atoms with Gasteiger partial charge >= 0.3 is 0 Å². The zero-order chi connectivity index (χ0) is 13.5. The number of methoxy groups -OCH3 is 1. The van der Waals surface area contributed by atoms with Crippen molar-refractivity contribution in [2.75, 3.05) is 13.7 Å². The number of aryl methyl sites for hydroxylation is 1. The standard InChI is InChI=1S/C16H20N2O/c1-19-16-4-2-3-14(11-16)15(12-17)6-5-13-7-9-18-10-8-13/h2-4,7-11,15H,5-6,12,17H2,1H3. The molecule has 0 saturated carbocycles. The van der Waals surface area contributed by atoms with Crippen LogP contribution in [0.5, 0.6) is 5.75 Å². The van der Waals surface area contributed by atoms with Crippen LogP contribution in [0.2, 0.25) is 0 Å². The highest BCUT2D eigenvalue weighted by Crippen LogP contribution is 2.24. The third kappa shape index (κ3) is 3.80. The first-order chi connectivity index (χ1) is 9.33. The van der Waals surface area contributed by atoms with Crippen LogP contribution in [0.15, 0.2) is 48.8 Å². The molecule has 2 rings (SSSR count). The van der Waals surface area contributed by atoms with Crippen LogP contribution >= 0.6 is 0 Å². The van der Waals surface area contributed by atoms with Gasteiger partial charge in [0.2, 0.25) is 0 Å². The van der Waals surface area contributed by atoms with Crippen molar-refractivity contribution < 1.29 is 4.74 Å². The van der Waals surface area contributed by atoms with E-state index in [2.05, 4.69) is 29.2 Å². The summed E-state index contributed by atoms with van der Waals surface area (Å²) in [6.45, 7) is 0.651. The van der Waals surface area contributed by atoms with Crippen LogP contribution < -0.4 is 10.5 Å². The molecule has 0 radical (unpaired) electrons. The fourth-order valence-corrected chi connectivity index (χ4v) is 2.21. The van der Waals surface area contributed by atoms with Crippen molar-refractivity contribution in [3.63, 3.8) is 0 Å². The number of ether oxygens (including phenoxy) is 1. The first kappa shape index (κ1) is 13.6. The molecule has 1 heterocycles. The number of rotatable bonds is 6. The molecule has 1 aromatic carbocycles. The molecule has 2 N–H and O–H groups in total. The van der Waals surface area contributed by atoms with E-state index in [1.54, 1.807) is 7.11 Å². The minimum absolute atomic E-state index is 0.364. The number of aromatic nitrogens is 1. The predicted octanol–water partition coefficient (Wildman–Crippen LogP) is 2.77. The number of hydrogen-bond donors (Lipinski definition) is 1. The Labute approximate surface area is 114 Å². The number of pyridine rings is 1.